The molecule has 1 aliphatic rings. The summed E-state index contributed by atoms with van der Waals surface area (Å²) in [5.74, 6) is 2.29. The Morgan fingerprint density at radius 2 is 2.04 bits per heavy atom. The molecule has 3 rings (SSSR count). The highest BCUT2D eigenvalue weighted by Gasteiger charge is 2.27. The van der Waals surface area contributed by atoms with Gasteiger partial charge in [-0.3, -0.25) is 9.80 Å². The quantitative estimate of drug-likeness (QED) is 0.813. The topological polar surface area (TPSA) is 63.6 Å². The van der Waals surface area contributed by atoms with Gasteiger partial charge in [0.15, 0.2) is 0 Å². The number of furan rings is 1. The molecular formula is C22H29N3O2. The van der Waals surface area contributed by atoms with Gasteiger partial charge in [-0.1, -0.05) is 26.0 Å². The van der Waals surface area contributed by atoms with Crippen molar-refractivity contribution in [2.75, 3.05) is 32.8 Å². The van der Waals surface area contributed by atoms with Gasteiger partial charge in [0, 0.05) is 44.4 Å². The maximum Gasteiger partial charge on any atom is 0.135 e. The van der Waals surface area contributed by atoms with Crippen molar-refractivity contribution in [3.8, 4) is 17.4 Å². The summed E-state index contributed by atoms with van der Waals surface area (Å²) in [6.07, 6.45) is 0.808. The summed E-state index contributed by atoms with van der Waals surface area (Å²) < 4.78 is 6.05. The second-order valence-corrected chi connectivity index (χ2v) is 7.71. The molecule has 5 nitrogen and oxygen atoms in total. The highest BCUT2D eigenvalue weighted by atomic mass is 16.3. The van der Waals surface area contributed by atoms with Gasteiger partial charge in [0.25, 0.3) is 0 Å². The summed E-state index contributed by atoms with van der Waals surface area (Å²) in [6.45, 7) is 9.51. The van der Waals surface area contributed by atoms with Crippen LogP contribution >= 0.6 is 0 Å². The van der Waals surface area contributed by atoms with Gasteiger partial charge in [-0.15, -0.1) is 0 Å². The van der Waals surface area contributed by atoms with Crippen LogP contribution in [0.15, 0.2) is 40.8 Å². The molecule has 144 valence electrons. The summed E-state index contributed by atoms with van der Waals surface area (Å²) in [4.78, 5) is 4.91. The van der Waals surface area contributed by atoms with Crippen molar-refractivity contribution in [3.63, 3.8) is 0 Å². The number of aliphatic hydroxyl groups is 1. The molecule has 0 unspecified atom stereocenters. The van der Waals surface area contributed by atoms with E-state index in [0.29, 0.717) is 17.5 Å². The minimum atomic E-state index is 0.225. The van der Waals surface area contributed by atoms with Crippen LogP contribution in [0.25, 0.3) is 11.3 Å². The number of nitriles is 1. The number of hydrogen-bond acceptors (Lipinski definition) is 5. The van der Waals surface area contributed by atoms with Crippen LogP contribution in [0.4, 0.5) is 0 Å². The van der Waals surface area contributed by atoms with Crippen molar-refractivity contribution in [3.05, 3.63) is 47.7 Å². The molecule has 0 saturated carbocycles. The van der Waals surface area contributed by atoms with Gasteiger partial charge in [0.2, 0.25) is 0 Å². The van der Waals surface area contributed by atoms with E-state index in [0.717, 1.165) is 56.2 Å². The molecule has 27 heavy (non-hydrogen) atoms. The van der Waals surface area contributed by atoms with E-state index in [1.54, 1.807) is 0 Å². The van der Waals surface area contributed by atoms with E-state index in [9.17, 15) is 10.4 Å². The Hall–Kier alpha value is -2.13. The largest absolute Gasteiger partial charge is 0.460 e. The Morgan fingerprint density at radius 1 is 1.22 bits per heavy atom. The van der Waals surface area contributed by atoms with Gasteiger partial charge in [-0.05, 0) is 36.6 Å². The van der Waals surface area contributed by atoms with Crippen molar-refractivity contribution >= 4 is 0 Å². The van der Waals surface area contributed by atoms with E-state index < -0.39 is 0 Å². The van der Waals surface area contributed by atoms with Gasteiger partial charge in [0.1, 0.15) is 11.5 Å². The van der Waals surface area contributed by atoms with E-state index in [4.69, 9.17) is 4.42 Å². The Kier molecular flexibility index (Phi) is 6.68. The lowest BCUT2D eigenvalue weighted by Gasteiger charge is -2.42. The Morgan fingerprint density at radius 3 is 2.78 bits per heavy atom. The Bertz CT molecular complexity index is 778. The Labute approximate surface area is 161 Å². The second-order valence-electron chi connectivity index (χ2n) is 7.71. The lowest BCUT2D eigenvalue weighted by atomic mass is 10.1. The SMILES string of the molecule is CC(C)CN1CCN(Cc2ccc(-c3ccccc3C#N)o2)C[C@@H]1CCO. The smallest absolute Gasteiger partial charge is 0.135 e. The minimum absolute atomic E-state index is 0.225. The highest BCUT2D eigenvalue weighted by Crippen LogP contribution is 2.26. The molecule has 0 spiro atoms. The van der Waals surface area contributed by atoms with E-state index in [1.807, 2.05) is 36.4 Å². The van der Waals surface area contributed by atoms with E-state index >= 15 is 0 Å². The third-order valence-electron chi connectivity index (χ3n) is 5.10. The third kappa shape index (κ3) is 4.98. The first-order valence-electron chi connectivity index (χ1n) is 9.76. The molecule has 5 heteroatoms. The number of aliphatic hydroxyl groups excluding tert-OH is 1. The summed E-state index contributed by atoms with van der Waals surface area (Å²) in [5.41, 5.74) is 1.47. The van der Waals surface area contributed by atoms with Crippen molar-refractivity contribution < 1.29 is 9.52 Å². The molecule has 1 aromatic carbocycles. The van der Waals surface area contributed by atoms with Gasteiger partial charge in [-0.25, -0.2) is 0 Å². The summed E-state index contributed by atoms with van der Waals surface area (Å²) in [6, 6.07) is 14.1. The number of hydrogen-bond donors (Lipinski definition) is 1. The normalized spacial score (nSPS) is 18.7. The number of rotatable bonds is 7. The van der Waals surface area contributed by atoms with Crippen LogP contribution in [-0.2, 0) is 6.54 Å². The molecule has 1 N–H and O–H groups in total. The van der Waals surface area contributed by atoms with E-state index in [2.05, 4.69) is 29.7 Å². The maximum atomic E-state index is 9.44. The molecule has 0 aliphatic carbocycles. The zero-order chi connectivity index (χ0) is 19.2. The fraction of sp³-hybridized carbons (Fsp3) is 0.500. The van der Waals surface area contributed by atoms with E-state index in [-0.39, 0.29) is 6.61 Å². The summed E-state index contributed by atoms with van der Waals surface area (Å²) >= 11 is 0. The third-order valence-corrected chi connectivity index (χ3v) is 5.10. The van der Waals surface area contributed by atoms with Crippen molar-refractivity contribution in [2.24, 2.45) is 5.92 Å². The highest BCUT2D eigenvalue weighted by molar-refractivity contribution is 5.66. The number of nitrogens with zero attached hydrogens (tertiary/aromatic N) is 3. The average molecular weight is 367 g/mol. The lowest BCUT2D eigenvalue weighted by Crippen LogP contribution is -2.53. The van der Waals surface area contributed by atoms with Crippen molar-refractivity contribution in [2.45, 2.75) is 32.9 Å². The molecule has 2 aromatic rings. The molecule has 1 aromatic heterocycles. The molecular weight excluding hydrogens is 338 g/mol. The number of piperazine rings is 1. The van der Waals surface area contributed by atoms with Crippen LogP contribution in [0.1, 0.15) is 31.6 Å². The summed E-state index contributed by atoms with van der Waals surface area (Å²) in [5, 5.41) is 18.7. The zero-order valence-electron chi connectivity index (χ0n) is 16.3. The predicted octanol–water partition coefficient (Wildman–Crippen LogP) is 3.34. The average Bonchev–Trinajstić information content (AvgIpc) is 3.12. The first kappa shape index (κ1) is 19.6. The fourth-order valence-corrected chi connectivity index (χ4v) is 3.86. The van der Waals surface area contributed by atoms with Crippen molar-refractivity contribution in [1.82, 2.24) is 9.80 Å². The molecule has 0 radical (unpaired) electrons. The predicted molar refractivity (Wildman–Crippen MR) is 106 cm³/mol. The van der Waals surface area contributed by atoms with E-state index in [1.165, 1.54) is 0 Å². The fourth-order valence-electron chi connectivity index (χ4n) is 3.86. The van der Waals surface area contributed by atoms with Crippen molar-refractivity contribution in [1.29, 1.82) is 5.26 Å². The van der Waals surface area contributed by atoms with Gasteiger partial charge < -0.3 is 9.52 Å². The van der Waals surface area contributed by atoms with Crippen LogP contribution < -0.4 is 0 Å². The van der Waals surface area contributed by atoms with Crippen LogP contribution in [0.2, 0.25) is 0 Å². The maximum absolute atomic E-state index is 9.44. The van der Waals surface area contributed by atoms with Crippen LogP contribution in [-0.4, -0.2) is 53.7 Å². The Balaban J connectivity index is 1.66. The standard InChI is InChI=1S/C22H29N3O2/c1-17(2)14-25-11-10-24(15-19(25)9-12-26)16-20-7-8-22(27-20)21-6-4-3-5-18(21)13-23/h3-8,17,19,26H,9-12,14-16H2,1-2H3/t19-/m0/s1. The van der Waals surface area contributed by atoms with Crippen LogP contribution in [0, 0.1) is 17.2 Å². The van der Waals surface area contributed by atoms with Gasteiger partial charge in [-0.2, -0.15) is 5.26 Å². The van der Waals surface area contributed by atoms with Gasteiger partial charge in [0.05, 0.1) is 18.2 Å². The van der Waals surface area contributed by atoms with Gasteiger partial charge >= 0.3 is 0 Å². The monoisotopic (exact) mass is 367 g/mol. The zero-order valence-corrected chi connectivity index (χ0v) is 16.3. The first-order valence-corrected chi connectivity index (χ1v) is 9.76. The lowest BCUT2D eigenvalue weighted by molar-refractivity contribution is 0.0448. The second kappa shape index (κ2) is 9.18. The number of benzene rings is 1. The minimum Gasteiger partial charge on any atom is -0.460 e. The molecule has 0 bridgehead atoms. The van der Waals surface area contributed by atoms with Crippen LogP contribution in [0.5, 0.6) is 0 Å². The molecule has 1 saturated heterocycles. The molecule has 0 amide bonds. The molecule has 1 aliphatic heterocycles. The van der Waals surface area contributed by atoms with Crippen LogP contribution in [0.3, 0.4) is 0 Å². The summed E-state index contributed by atoms with van der Waals surface area (Å²) in [7, 11) is 0. The molecule has 1 fully saturated rings. The molecule has 1 atom stereocenters. The first-order chi connectivity index (χ1) is 13.1. The molecule has 2 heterocycles.